The molecule has 3 aromatic rings. The van der Waals surface area contributed by atoms with E-state index in [-0.39, 0.29) is 22.4 Å². The maximum absolute atomic E-state index is 12.8. The number of amides is 1. The number of primary amides is 1. The van der Waals surface area contributed by atoms with E-state index in [1.54, 1.807) is 6.20 Å². The molecule has 10 nitrogen and oxygen atoms in total. The number of aromatic amines is 2. The van der Waals surface area contributed by atoms with Crippen LogP contribution in [0.5, 0.6) is 0 Å². The lowest BCUT2D eigenvalue weighted by Crippen LogP contribution is -2.35. The molecule has 29 heavy (non-hydrogen) atoms. The molecule has 1 aromatic carbocycles. The van der Waals surface area contributed by atoms with Crippen molar-refractivity contribution in [3.05, 3.63) is 40.3 Å². The normalized spacial score (nSPS) is 12.1. The predicted molar refractivity (Wildman–Crippen MR) is 106 cm³/mol. The standard InChI is InChI=1S/C18H20N4O6S/c1-22(9-14(19)23)29(27,28)11-5-6-13-12(7-11)16-10(3-2-4-15(24)25)8-20-17(16)18(26)21-13/h5-8,20H,2-4,9H2,1H3,(H2,19,23)(H,21,26)(H,24,25). The maximum Gasteiger partial charge on any atom is 0.303 e. The SMILES string of the molecule is CN(CC(N)=O)S(=O)(=O)c1ccc2[nH]c(=O)c3[nH]cc(CCCC(=O)O)c3c2c1. The molecule has 0 aliphatic carbocycles. The summed E-state index contributed by atoms with van der Waals surface area (Å²) in [4.78, 5) is 39.8. The number of benzene rings is 1. The molecule has 0 aliphatic heterocycles. The maximum atomic E-state index is 12.8. The van der Waals surface area contributed by atoms with E-state index in [2.05, 4.69) is 9.97 Å². The second-order valence-electron chi connectivity index (χ2n) is 6.70. The van der Waals surface area contributed by atoms with Gasteiger partial charge in [0.25, 0.3) is 5.56 Å². The topological polar surface area (TPSA) is 166 Å². The van der Waals surface area contributed by atoms with E-state index >= 15 is 0 Å². The van der Waals surface area contributed by atoms with Crippen LogP contribution in [0.4, 0.5) is 0 Å². The second-order valence-corrected chi connectivity index (χ2v) is 8.74. The van der Waals surface area contributed by atoms with Gasteiger partial charge in [0.2, 0.25) is 15.9 Å². The number of carbonyl (C=O) groups is 2. The molecule has 0 fully saturated rings. The average Bonchev–Trinajstić information content (AvgIpc) is 3.05. The van der Waals surface area contributed by atoms with Crippen molar-refractivity contribution in [2.75, 3.05) is 13.6 Å². The van der Waals surface area contributed by atoms with Gasteiger partial charge in [-0.3, -0.25) is 14.4 Å². The highest BCUT2D eigenvalue weighted by molar-refractivity contribution is 7.89. The number of carbonyl (C=O) groups excluding carboxylic acids is 1. The lowest BCUT2D eigenvalue weighted by molar-refractivity contribution is -0.137. The van der Waals surface area contributed by atoms with Gasteiger partial charge in [-0.2, -0.15) is 4.31 Å². The first kappa shape index (κ1) is 20.6. The van der Waals surface area contributed by atoms with Crippen molar-refractivity contribution in [2.45, 2.75) is 24.2 Å². The molecular formula is C18H20N4O6S. The summed E-state index contributed by atoms with van der Waals surface area (Å²) < 4.78 is 26.4. The molecule has 2 heterocycles. The first-order valence-corrected chi connectivity index (χ1v) is 10.2. The second kappa shape index (κ2) is 7.68. The third-order valence-corrected chi connectivity index (χ3v) is 6.42. The fourth-order valence-electron chi connectivity index (χ4n) is 3.25. The van der Waals surface area contributed by atoms with E-state index in [1.807, 2.05) is 0 Å². The molecule has 3 rings (SSSR count). The number of nitrogens with one attached hydrogen (secondary N) is 2. The van der Waals surface area contributed by atoms with Crippen LogP contribution < -0.4 is 11.3 Å². The molecule has 0 radical (unpaired) electrons. The largest absolute Gasteiger partial charge is 0.481 e. The number of nitrogens with two attached hydrogens (primary N) is 1. The molecule has 5 N–H and O–H groups in total. The quantitative estimate of drug-likeness (QED) is 0.414. The Kier molecular flexibility index (Phi) is 5.44. The molecule has 0 bridgehead atoms. The number of fused-ring (bicyclic) bond motifs is 3. The number of rotatable bonds is 8. The molecule has 0 spiro atoms. The van der Waals surface area contributed by atoms with E-state index in [0.717, 1.165) is 9.87 Å². The number of hydrogen-bond donors (Lipinski definition) is 4. The smallest absolute Gasteiger partial charge is 0.303 e. The summed E-state index contributed by atoms with van der Waals surface area (Å²) in [5, 5.41) is 9.89. The number of sulfonamides is 1. The Labute approximate surface area is 165 Å². The predicted octanol–water partition coefficient (Wildman–Crippen LogP) is 0.523. The summed E-state index contributed by atoms with van der Waals surface area (Å²) in [6.07, 6.45) is 2.38. The van der Waals surface area contributed by atoms with Gasteiger partial charge in [-0.25, -0.2) is 8.42 Å². The van der Waals surface area contributed by atoms with Gasteiger partial charge in [0, 0.05) is 36.0 Å². The monoisotopic (exact) mass is 420 g/mol. The number of carboxylic acids is 1. The number of likely N-dealkylation sites (N-methyl/N-ethyl adjacent to an activating group) is 1. The van der Waals surface area contributed by atoms with Crippen molar-refractivity contribution < 1.29 is 23.1 Å². The van der Waals surface area contributed by atoms with Crippen LogP contribution in [-0.4, -0.2) is 53.3 Å². The minimum absolute atomic E-state index is 0.0225. The van der Waals surface area contributed by atoms with Crippen LogP contribution in [-0.2, 0) is 26.0 Å². The van der Waals surface area contributed by atoms with Crippen LogP contribution in [0, 0.1) is 0 Å². The van der Waals surface area contributed by atoms with Gasteiger partial charge in [0.05, 0.1) is 11.4 Å². The number of nitrogens with zero attached hydrogens (tertiary/aromatic N) is 1. The zero-order valence-corrected chi connectivity index (χ0v) is 16.4. The lowest BCUT2D eigenvalue weighted by Gasteiger charge is -2.16. The first-order chi connectivity index (χ1) is 13.6. The highest BCUT2D eigenvalue weighted by atomic mass is 32.2. The average molecular weight is 420 g/mol. The Morgan fingerprint density at radius 3 is 2.66 bits per heavy atom. The van der Waals surface area contributed by atoms with Gasteiger partial charge >= 0.3 is 5.97 Å². The van der Waals surface area contributed by atoms with Gasteiger partial charge in [0.1, 0.15) is 5.52 Å². The summed E-state index contributed by atoms with van der Waals surface area (Å²) >= 11 is 0. The van der Waals surface area contributed by atoms with Crippen molar-refractivity contribution >= 4 is 43.7 Å². The van der Waals surface area contributed by atoms with Crippen LogP contribution in [0.2, 0.25) is 0 Å². The van der Waals surface area contributed by atoms with E-state index in [4.69, 9.17) is 10.8 Å². The fourth-order valence-corrected chi connectivity index (χ4v) is 4.41. The van der Waals surface area contributed by atoms with Gasteiger partial charge < -0.3 is 20.8 Å². The molecule has 0 aliphatic rings. The number of aromatic nitrogens is 2. The lowest BCUT2D eigenvalue weighted by atomic mass is 10.0. The highest BCUT2D eigenvalue weighted by Gasteiger charge is 2.23. The minimum Gasteiger partial charge on any atom is -0.481 e. The third kappa shape index (κ3) is 4.00. The molecule has 0 saturated heterocycles. The van der Waals surface area contributed by atoms with Crippen molar-refractivity contribution in [1.82, 2.24) is 14.3 Å². The van der Waals surface area contributed by atoms with E-state index < -0.39 is 28.4 Å². The molecule has 0 unspecified atom stereocenters. The van der Waals surface area contributed by atoms with Crippen LogP contribution in [0.1, 0.15) is 18.4 Å². The van der Waals surface area contributed by atoms with Gasteiger partial charge in [0.15, 0.2) is 0 Å². The van der Waals surface area contributed by atoms with Crippen LogP contribution in [0.25, 0.3) is 21.8 Å². The molecular weight excluding hydrogens is 400 g/mol. The molecule has 0 saturated carbocycles. The summed E-state index contributed by atoms with van der Waals surface area (Å²) in [5.41, 5.74) is 6.17. The Hall–Kier alpha value is -3.18. The number of hydrogen-bond acceptors (Lipinski definition) is 5. The molecule has 154 valence electrons. The zero-order valence-electron chi connectivity index (χ0n) is 15.6. The van der Waals surface area contributed by atoms with Crippen molar-refractivity contribution in [1.29, 1.82) is 0 Å². The van der Waals surface area contributed by atoms with Gasteiger partial charge in [-0.15, -0.1) is 0 Å². The van der Waals surface area contributed by atoms with Crippen LogP contribution in [0.3, 0.4) is 0 Å². The number of H-pyrrole nitrogens is 2. The minimum atomic E-state index is -3.98. The number of aliphatic carboxylic acids is 1. The number of aryl methyl sites for hydroxylation is 1. The Morgan fingerprint density at radius 2 is 2.00 bits per heavy atom. The van der Waals surface area contributed by atoms with E-state index in [1.165, 1.54) is 25.2 Å². The summed E-state index contributed by atoms with van der Waals surface area (Å²) in [6, 6.07) is 4.25. The Bertz CT molecular complexity index is 1270. The summed E-state index contributed by atoms with van der Waals surface area (Å²) in [7, 11) is -2.73. The molecule has 2 aromatic heterocycles. The van der Waals surface area contributed by atoms with Crippen LogP contribution in [0.15, 0.2) is 34.1 Å². The van der Waals surface area contributed by atoms with E-state index in [0.29, 0.717) is 29.1 Å². The zero-order chi connectivity index (χ0) is 21.3. The molecule has 1 amide bonds. The Morgan fingerprint density at radius 1 is 1.28 bits per heavy atom. The first-order valence-electron chi connectivity index (χ1n) is 8.73. The third-order valence-electron chi connectivity index (χ3n) is 4.62. The number of carboxylic acid groups (broad SMARTS) is 1. The van der Waals surface area contributed by atoms with Crippen molar-refractivity contribution in [3.8, 4) is 0 Å². The van der Waals surface area contributed by atoms with Crippen LogP contribution >= 0.6 is 0 Å². The van der Waals surface area contributed by atoms with Crippen molar-refractivity contribution in [3.63, 3.8) is 0 Å². The van der Waals surface area contributed by atoms with Gasteiger partial charge in [-0.1, -0.05) is 0 Å². The van der Waals surface area contributed by atoms with E-state index in [9.17, 15) is 22.8 Å². The number of pyridine rings is 1. The summed E-state index contributed by atoms with van der Waals surface area (Å²) in [6.45, 7) is -0.466. The van der Waals surface area contributed by atoms with Crippen molar-refractivity contribution in [2.24, 2.45) is 5.73 Å². The Balaban J connectivity index is 2.16. The summed E-state index contributed by atoms with van der Waals surface area (Å²) in [5.74, 6) is -1.70. The highest BCUT2D eigenvalue weighted by Crippen LogP contribution is 2.28. The van der Waals surface area contributed by atoms with Gasteiger partial charge in [-0.05, 0) is 36.6 Å². The molecule has 0 atom stereocenters. The fraction of sp³-hybridized carbons (Fsp3) is 0.278. The molecule has 11 heteroatoms.